The van der Waals surface area contributed by atoms with Gasteiger partial charge < -0.3 is 4.90 Å². The van der Waals surface area contributed by atoms with Gasteiger partial charge in [0.1, 0.15) is 5.01 Å². The van der Waals surface area contributed by atoms with Crippen LogP contribution in [0.5, 0.6) is 0 Å². The maximum Gasteiger partial charge on any atom is 0.173 e. The van der Waals surface area contributed by atoms with E-state index in [1.54, 1.807) is 0 Å². The van der Waals surface area contributed by atoms with Crippen LogP contribution in [0.3, 0.4) is 0 Å². The molecule has 1 heterocycles. The molecular weight excluding hydrogens is 603 g/mol. The number of fused-ring (bicyclic) bond motifs is 3. The van der Waals surface area contributed by atoms with Crippen molar-refractivity contribution in [3.8, 4) is 33.1 Å². The second-order valence-electron chi connectivity index (χ2n) is 12.0. The third-order valence-corrected chi connectivity index (χ3v) is 9.73. The van der Waals surface area contributed by atoms with Crippen molar-refractivity contribution in [2.45, 2.75) is 0 Å². The summed E-state index contributed by atoms with van der Waals surface area (Å²) < 4.78 is 4.82. The summed E-state index contributed by atoms with van der Waals surface area (Å²) >= 11 is 1.44. The van der Waals surface area contributed by atoms with Crippen LogP contribution in [0.1, 0.15) is 0 Å². The number of hydrogen-bond donors (Lipinski definition) is 0. The first kappa shape index (κ1) is 28.1. The Morgan fingerprint density at radius 3 is 1.52 bits per heavy atom. The van der Waals surface area contributed by atoms with Crippen LogP contribution in [-0.4, -0.2) is 9.36 Å². The van der Waals surface area contributed by atoms with Crippen LogP contribution in [0.4, 0.5) is 17.1 Å². The molecule has 0 aliphatic heterocycles. The standard InChI is InChI=1S/C44H29N3S/c1-4-12-33-25-37(20-19-30(33)9-1)34-15-7-16-38(26-34)43-45-44(48-46-43)39-17-8-18-40(29-39)47(41-23-21-31-10-2-5-13-35(31)27-41)42-24-22-32-11-3-6-14-36(32)28-42/h1-29H. The Balaban J connectivity index is 1.09. The van der Waals surface area contributed by atoms with Crippen molar-refractivity contribution in [1.82, 2.24) is 9.36 Å². The van der Waals surface area contributed by atoms with Crippen molar-refractivity contribution < 1.29 is 0 Å². The topological polar surface area (TPSA) is 29.0 Å². The van der Waals surface area contributed by atoms with Gasteiger partial charge in [0.2, 0.25) is 0 Å². The molecule has 0 unspecified atom stereocenters. The van der Waals surface area contributed by atoms with Gasteiger partial charge in [-0.2, -0.15) is 4.37 Å². The third-order valence-electron chi connectivity index (χ3n) is 8.96. The molecule has 8 aromatic carbocycles. The molecule has 4 heteroatoms. The molecule has 0 bridgehead atoms. The van der Waals surface area contributed by atoms with Crippen LogP contribution >= 0.6 is 11.5 Å². The molecule has 0 N–H and O–H groups in total. The number of benzene rings is 8. The van der Waals surface area contributed by atoms with E-state index in [0.717, 1.165) is 44.6 Å². The largest absolute Gasteiger partial charge is 0.310 e. The second kappa shape index (κ2) is 11.9. The minimum atomic E-state index is 0.740. The van der Waals surface area contributed by atoms with E-state index >= 15 is 0 Å². The molecule has 48 heavy (non-hydrogen) atoms. The molecule has 3 nitrogen and oxygen atoms in total. The Morgan fingerprint density at radius 2 is 0.854 bits per heavy atom. The lowest BCUT2D eigenvalue weighted by molar-refractivity contribution is 1.29. The van der Waals surface area contributed by atoms with Crippen LogP contribution in [0.25, 0.3) is 65.4 Å². The van der Waals surface area contributed by atoms with E-state index < -0.39 is 0 Å². The molecular formula is C44H29N3S. The van der Waals surface area contributed by atoms with Gasteiger partial charge >= 0.3 is 0 Å². The van der Waals surface area contributed by atoms with Crippen molar-refractivity contribution >= 4 is 60.9 Å². The fourth-order valence-electron chi connectivity index (χ4n) is 6.52. The quantitative estimate of drug-likeness (QED) is 0.183. The number of rotatable bonds is 6. The first-order valence-electron chi connectivity index (χ1n) is 16.1. The molecule has 0 fully saturated rings. The van der Waals surface area contributed by atoms with Crippen molar-refractivity contribution in [2.24, 2.45) is 0 Å². The zero-order valence-corrected chi connectivity index (χ0v) is 26.8. The Hall–Kier alpha value is -6.10. The van der Waals surface area contributed by atoms with Gasteiger partial charge in [-0.05, 0) is 104 Å². The van der Waals surface area contributed by atoms with Crippen molar-refractivity contribution in [2.75, 3.05) is 4.90 Å². The molecule has 0 atom stereocenters. The van der Waals surface area contributed by atoms with Crippen LogP contribution in [0, 0.1) is 0 Å². The van der Waals surface area contributed by atoms with Crippen molar-refractivity contribution in [3.05, 3.63) is 176 Å². The molecule has 9 rings (SSSR count). The van der Waals surface area contributed by atoms with E-state index in [-0.39, 0.29) is 0 Å². The molecule has 0 radical (unpaired) electrons. The van der Waals surface area contributed by atoms with E-state index in [1.165, 1.54) is 49.4 Å². The Bertz CT molecular complexity index is 2520. The summed E-state index contributed by atoms with van der Waals surface area (Å²) in [6.07, 6.45) is 0. The molecule has 0 amide bonds. The predicted molar refractivity (Wildman–Crippen MR) is 203 cm³/mol. The highest BCUT2D eigenvalue weighted by Gasteiger charge is 2.16. The SMILES string of the molecule is c1cc(-c2ccc3ccccc3c2)cc(-c2nsc(-c3cccc(N(c4ccc5ccccc5c4)c4ccc5ccccc5c4)c3)n2)c1. The maximum atomic E-state index is 5.05. The smallest absolute Gasteiger partial charge is 0.173 e. The van der Waals surface area contributed by atoms with E-state index in [0.29, 0.717) is 0 Å². The lowest BCUT2D eigenvalue weighted by Gasteiger charge is -2.26. The highest BCUT2D eigenvalue weighted by Crippen LogP contribution is 2.39. The average molecular weight is 632 g/mol. The first-order chi connectivity index (χ1) is 23.7. The van der Waals surface area contributed by atoms with E-state index in [2.05, 4.69) is 181 Å². The Morgan fingerprint density at radius 1 is 0.354 bits per heavy atom. The highest BCUT2D eigenvalue weighted by atomic mass is 32.1. The molecule has 0 spiro atoms. The number of hydrogen-bond acceptors (Lipinski definition) is 4. The zero-order valence-electron chi connectivity index (χ0n) is 26.0. The van der Waals surface area contributed by atoms with Gasteiger partial charge in [-0.15, -0.1) is 0 Å². The molecule has 9 aromatic rings. The second-order valence-corrected chi connectivity index (χ2v) is 12.8. The minimum Gasteiger partial charge on any atom is -0.310 e. The fourth-order valence-corrected chi connectivity index (χ4v) is 7.20. The zero-order chi connectivity index (χ0) is 31.9. The molecule has 0 aliphatic rings. The molecule has 1 aromatic heterocycles. The molecule has 0 aliphatic carbocycles. The fraction of sp³-hybridized carbons (Fsp3) is 0. The Kier molecular flexibility index (Phi) is 6.99. The van der Waals surface area contributed by atoms with Crippen molar-refractivity contribution in [1.29, 1.82) is 0 Å². The van der Waals surface area contributed by atoms with E-state index in [4.69, 9.17) is 9.36 Å². The van der Waals surface area contributed by atoms with Crippen LogP contribution in [0.2, 0.25) is 0 Å². The summed E-state index contributed by atoms with van der Waals surface area (Å²) in [5.74, 6) is 0.740. The predicted octanol–water partition coefficient (Wildman–Crippen LogP) is 12.5. The molecule has 0 saturated carbocycles. The summed E-state index contributed by atoms with van der Waals surface area (Å²) in [6.45, 7) is 0. The summed E-state index contributed by atoms with van der Waals surface area (Å²) in [5.41, 5.74) is 7.64. The lowest BCUT2D eigenvalue weighted by Crippen LogP contribution is -2.10. The lowest BCUT2D eigenvalue weighted by atomic mass is 9.99. The number of nitrogens with zero attached hydrogens (tertiary/aromatic N) is 3. The van der Waals surface area contributed by atoms with Gasteiger partial charge in [-0.25, -0.2) is 4.98 Å². The van der Waals surface area contributed by atoms with Gasteiger partial charge in [0.25, 0.3) is 0 Å². The van der Waals surface area contributed by atoms with Gasteiger partial charge in [-0.1, -0.05) is 127 Å². The Labute approximate surface area is 283 Å². The van der Waals surface area contributed by atoms with E-state index in [9.17, 15) is 0 Å². The summed E-state index contributed by atoms with van der Waals surface area (Å²) in [7, 11) is 0. The number of aromatic nitrogens is 2. The first-order valence-corrected chi connectivity index (χ1v) is 16.8. The van der Waals surface area contributed by atoms with Crippen molar-refractivity contribution in [3.63, 3.8) is 0 Å². The summed E-state index contributed by atoms with van der Waals surface area (Å²) in [4.78, 5) is 7.38. The average Bonchev–Trinajstić information content (AvgIpc) is 3.66. The number of anilines is 3. The van der Waals surface area contributed by atoms with Gasteiger partial charge in [0.05, 0.1) is 0 Å². The van der Waals surface area contributed by atoms with Crippen LogP contribution < -0.4 is 4.90 Å². The van der Waals surface area contributed by atoms with Gasteiger partial charge in [-0.3, -0.25) is 0 Å². The van der Waals surface area contributed by atoms with E-state index in [1.807, 2.05) is 0 Å². The van der Waals surface area contributed by atoms with Crippen LogP contribution in [0.15, 0.2) is 176 Å². The summed E-state index contributed by atoms with van der Waals surface area (Å²) in [5, 5.41) is 8.22. The third kappa shape index (κ3) is 5.28. The van der Waals surface area contributed by atoms with Gasteiger partial charge in [0, 0.05) is 28.2 Å². The van der Waals surface area contributed by atoms with Crippen LogP contribution in [-0.2, 0) is 0 Å². The molecule has 226 valence electrons. The molecule has 0 saturated heterocycles. The maximum absolute atomic E-state index is 5.05. The van der Waals surface area contributed by atoms with Gasteiger partial charge in [0.15, 0.2) is 5.82 Å². The normalized spacial score (nSPS) is 11.3. The highest BCUT2D eigenvalue weighted by molar-refractivity contribution is 7.09. The minimum absolute atomic E-state index is 0.740. The summed E-state index contributed by atoms with van der Waals surface area (Å²) in [6, 6.07) is 62.6. The monoisotopic (exact) mass is 631 g/mol.